The van der Waals surface area contributed by atoms with E-state index in [-0.39, 0.29) is 0 Å². The van der Waals surface area contributed by atoms with Crippen LogP contribution >= 0.6 is 23.2 Å². The molecule has 0 atom stereocenters. The quantitative estimate of drug-likeness (QED) is 0.771. The Bertz CT molecular complexity index is 498. The largest absolute Gasteiger partial charge is 0.396 e. The standard InChI is InChI=1S/C11H8Cl2N2/c12-8-4-2-1-3-7(8)10-6-5-9(14)11(13)15-10/h1-6H,14H2. The molecule has 0 bridgehead atoms. The van der Waals surface area contributed by atoms with Crippen LogP contribution in [0.1, 0.15) is 0 Å². The van der Waals surface area contributed by atoms with Gasteiger partial charge in [-0.15, -0.1) is 0 Å². The molecule has 0 saturated heterocycles. The molecule has 4 heteroatoms. The van der Waals surface area contributed by atoms with Gasteiger partial charge >= 0.3 is 0 Å². The Morgan fingerprint density at radius 3 is 2.40 bits per heavy atom. The molecule has 1 heterocycles. The van der Waals surface area contributed by atoms with Crippen LogP contribution in [-0.4, -0.2) is 4.98 Å². The zero-order valence-electron chi connectivity index (χ0n) is 7.74. The second-order valence-corrected chi connectivity index (χ2v) is 3.82. The van der Waals surface area contributed by atoms with Crippen LogP contribution in [-0.2, 0) is 0 Å². The minimum Gasteiger partial charge on any atom is -0.396 e. The summed E-state index contributed by atoms with van der Waals surface area (Å²) >= 11 is 11.9. The molecule has 1 aromatic heterocycles. The number of aromatic nitrogens is 1. The van der Waals surface area contributed by atoms with Crippen LogP contribution in [0.4, 0.5) is 5.69 Å². The lowest BCUT2D eigenvalue weighted by atomic mass is 10.1. The maximum atomic E-state index is 6.04. The molecular weight excluding hydrogens is 231 g/mol. The van der Waals surface area contributed by atoms with E-state index in [1.807, 2.05) is 24.3 Å². The van der Waals surface area contributed by atoms with Gasteiger partial charge in [0.15, 0.2) is 5.15 Å². The van der Waals surface area contributed by atoms with E-state index in [1.54, 1.807) is 12.1 Å². The Morgan fingerprint density at radius 2 is 1.73 bits per heavy atom. The highest BCUT2D eigenvalue weighted by molar-refractivity contribution is 6.33. The third kappa shape index (κ3) is 2.06. The number of hydrogen-bond donors (Lipinski definition) is 1. The Labute approximate surface area is 97.7 Å². The predicted molar refractivity (Wildman–Crippen MR) is 64.1 cm³/mol. The third-order valence-corrected chi connectivity index (χ3v) is 2.66. The second-order valence-electron chi connectivity index (χ2n) is 3.06. The number of nitrogens with zero attached hydrogens (tertiary/aromatic N) is 1. The molecule has 0 unspecified atom stereocenters. The summed E-state index contributed by atoms with van der Waals surface area (Å²) < 4.78 is 0. The zero-order valence-corrected chi connectivity index (χ0v) is 9.26. The van der Waals surface area contributed by atoms with E-state index in [0.717, 1.165) is 11.3 Å². The summed E-state index contributed by atoms with van der Waals surface area (Å²) in [7, 11) is 0. The smallest absolute Gasteiger partial charge is 0.152 e. The molecule has 15 heavy (non-hydrogen) atoms. The van der Waals surface area contributed by atoms with Crippen LogP contribution in [0.3, 0.4) is 0 Å². The van der Waals surface area contributed by atoms with Crippen molar-refractivity contribution in [1.82, 2.24) is 4.98 Å². The molecule has 0 fully saturated rings. The molecule has 2 nitrogen and oxygen atoms in total. The van der Waals surface area contributed by atoms with Gasteiger partial charge in [0, 0.05) is 10.6 Å². The molecule has 2 N–H and O–H groups in total. The fourth-order valence-corrected chi connectivity index (χ4v) is 1.65. The van der Waals surface area contributed by atoms with E-state index in [0.29, 0.717) is 15.9 Å². The van der Waals surface area contributed by atoms with Gasteiger partial charge in [0.05, 0.1) is 11.4 Å². The molecule has 2 aromatic rings. The van der Waals surface area contributed by atoms with E-state index in [9.17, 15) is 0 Å². The van der Waals surface area contributed by atoms with Gasteiger partial charge in [-0.2, -0.15) is 0 Å². The first kappa shape index (κ1) is 10.3. The molecule has 0 aliphatic rings. The zero-order chi connectivity index (χ0) is 10.8. The first-order chi connectivity index (χ1) is 7.18. The molecule has 76 valence electrons. The van der Waals surface area contributed by atoms with Crippen molar-refractivity contribution in [1.29, 1.82) is 0 Å². The fraction of sp³-hybridized carbons (Fsp3) is 0. The number of pyridine rings is 1. The number of anilines is 1. The van der Waals surface area contributed by atoms with Crippen molar-refractivity contribution in [2.75, 3.05) is 5.73 Å². The van der Waals surface area contributed by atoms with Crippen LogP contribution in [0, 0.1) is 0 Å². The van der Waals surface area contributed by atoms with Crippen LogP contribution in [0.2, 0.25) is 10.2 Å². The van der Waals surface area contributed by atoms with Gasteiger partial charge in [-0.3, -0.25) is 0 Å². The SMILES string of the molecule is Nc1ccc(-c2ccccc2Cl)nc1Cl. The number of benzene rings is 1. The van der Waals surface area contributed by atoms with Crippen molar-refractivity contribution in [3.05, 3.63) is 46.6 Å². The highest BCUT2D eigenvalue weighted by atomic mass is 35.5. The van der Waals surface area contributed by atoms with Crippen molar-refractivity contribution in [3.63, 3.8) is 0 Å². The first-order valence-corrected chi connectivity index (χ1v) is 5.11. The average molecular weight is 239 g/mol. The lowest BCUT2D eigenvalue weighted by Gasteiger charge is -2.04. The van der Waals surface area contributed by atoms with Crippen molar-refractivity contribution < 1.29 is 0 Å². The summed E-state index contributed by atoms with van der Waals surface area (Å²) in [4.78, 5) is 4.16. The van der Waals surface area contributed by atoms with E-state index >= 15 is 0 Å². The number of hydrogen-bond acceptors (Lipinski definition) is 2. The Kier molecular flexibility index (Phi) is 2.80. The number of nitrogens with two attached hydrogens (primary N) is 1. The molecule has 0 spiro atoms. The second kappa shape index (κ2) is 4.09. The van der Waals surface area contributed by atoms with Crippen molar-refractivity contribution in [3.8, 4) is 11.3 Å². The van der Waals surface area contributed by atoms with Gasteiger partial charge in [-0.1, -0.05) is 41.4 Å². The summed E-state index contributed by atoms with van der Waals surface area (Å²) in [6.07, 6.45) is 0. The molecule has 2 rings (SSSR count). The summed E-state index contributed by atoms with van der Waals surface area (Å²) in [6.45, 7) is 0. The molecule has 0 aliphatic carbocycles. The normalized spacial score (nSPS) is 10.3. The monoisotopic (exact) mass is 238 g/mol. The number of nitrogen functional groups attached to an aromatic ring is 1. The molecule has 0 radical (unpaired) electrons. The Morgan fingerprint density at radius 1 is 1.00 bits per heavy atom. The topological polar surface area (TPSA) is 38.9 Å². The Balaban J connectivity index is 2.55. The van der Waals surface area contributed by atoms with Gasteiger partial charge in [0.2, 0.25) is 0 Å². The van der Waals surface area contributed by atoms with Crippen molar-refractivity contribution in [2.45, 2.75) is 0 Å². The highest BCUT2D eigenvalue weighted by Crippen LogP contribution is 2.28. The van der Waals surface area contributed by atoms with Crippen molar-refractivity contribution in [2.24, 2.45) is 0 Å². The van der Waals surface area contributed by atoms with Crippen molar-refractivity contribution >= 4 is 28.9 Å². The minimum atomic E-state index is 0.299. The fourth-order valence-electron chi connectivity index (χ4n) is 1.26. The average Bonchev–Trinajstić information content (AvgIpc) is 2.23. The van der Waals surface area contributed by atoms with E-state index < -0.39 is 0 Å². The lowest BCUT2D eigenvalue weighted by Crippen LogP contribution is -1.91. The van der Waals surface area contributed by atoms with E-state index in [2.05, 4.69) is 4.98 Å². The van der Waals surface area contributed by atoms with Crippen LogP contribution in [0.5, 0.6) is 0 Å². The summed E-state index contributed by atoms with van der Waals surface area (Å²) in [5.41, 5.74) is 7.61. The summed E-state index contributed by atoms with van der Waals surface area (Å²) in [5, 5.41) is 0.943. The predicted octanol–water partition coefficient (Wildman–Crippen LogP) is 3.64. The van der Waals surface area contributed by atoms with Crippen LogP contribution in [0.15, 0.2) is 36.4 Å². The lowest BCUT2D eigenvalue weighted by molar-refractivity contribution is 1.33. The summed E-state index contributed by atoms with van der Waals surface area (Å²) in [5.74, 6) is 0. The molecule has 0 amide bonds. The van der Waals surface area contributed by atoms with Gasteiger partial charge in [-0.25, -0.2) is 4.98 Å². The van der Waals surface area contributed by atoms with E-state index in [1.165, 1.54) is 0 Å². The van der Waals surface area contributed by atoms with Gasteiger partial charge in [0.25, 0.3) is 0 Å². The van der Waals surface area contributed by atoms with Crippen LogP contribution < -0.4 is 5.73 Å². The molecule has 0 saturated carbocycles. The maximum absolute atomic E-state index is 6.04. The molecule has 1 aromatic carbocycles. The van der Waals surface area contributed by atoms with Gasteiger partial charge in [0.1, 0.15) is 0 Å². The highest BCUT2D eigenvalue weighted by Gasteiger charge is 2.05. The number of rotatable bonds is 1. The minimum absolute atomic E-state index is 0.299. The third-order valence-electron chi connectivity index (χ3n) is 2.03. The maximum Gasteiger partial charge on any atom is 0.152 e. The van der Waals surface area contributed by atoms with Gasteiger partial charge in [-0.05, 0) is 18.2 Å². The summed E-state index contributed by atoms with van der Waals surface area (Å²) in [6, 6.07) is 11.0. The van der Waals surface area contributed by atoms with Crippen LogP contribution in [0.25, 0.3) is 11.3 Å². The Hall–Kier alpha value is -1.25. The molecule has 0 aliphatic heterocycles. The molecular formula is C11H8Cl2N2. The number of halogens is 2. The van der Waals surface area contributed by atoms with E-state index in [4.69, 9.17) is 28.9 Å². The first-order valence-electron chi connectivity index (χ1n) is 4.35. The van der Waals surface area contributed by atoms with Gasteiger partial charge < -0.3 is 5.73 Å².